The predicted molar refractivity (Wildman–Crippen MR) is 88.6 cm³/mol. The van der Waals surface area contributed by atoms with E-state index >= 15 is 0 Å². The van der Waals surface area contributed by atoms with Crippen molar-refractivity contribution >= 4 is 44.9 Å². The van der Waals surface area contributed by atoms with Crippen molar-refractivity contribution in [1.82, 2.24) is 5.32 Å². The summed E-state index contributed by atoms with van der Waals surface area (Å²) in [6, 6.07) is 5.58. The number of nitrogens with one attached hydrogen (secondary N) is 2. The highest BCUT2D eigenvalue weighted by Crippen LogP contribution is 2.16. The quantitative estimate of drug-likeness (QED) is 0.346. The molecule has 0 heterocycles. The Hall–Kier alpha value is -2.20. The molecule has 1 amide bonds. The maximum Gasteiger partial charge on any atom is 0.285 e. The van der Waals surface area contributed by atoms with E-state index in [1.165, 1.54) is 24.3 Å². The fraction of sp³-hybridized carbons (Fsp3) is 0.250. The van der Waals surface area contributed by atoms with Gasteiger partial charge in [0.15, 0.2) is 5.11 Å². The van der Waals surface area contributed by atoms with E-state index in [1.807, 2.05) is 0 Å². The number of anilines is 1. The Balaban J connectivity index is 2.80. The fourth-order valence-electron chi connectivity index (χ4n) is 1.32. The van der Waals surface area contributed by atoms with E-state index in [2.05, 4.69) is 15.0 Å². The molecule has 1 aromatic carbocycles. The third-order valence-corrected chi connectivity index (χ3v) is 3.92. The van der Waals surface area contributed by atoms with Gasteiger partial charge in [-0.25, -0.2) is 0 Å². The average Bonchev–Trinajstić information content (AvgIpc) is 2.37. The summed E-state index contributed by atoms with van der Waals surface area (Å²) in [5.74, 6) is -0.962. The number of rotatable bonds is 4. The van der Waals surface area contributed by atoms with Crippen molar-refractivity contribution in [3.05, 3.63) is 24.3 Å². The maximum atomic E-state index is 11.7. The molecule has 0 spiro atoms. The summed E-state index contributed by atoms with van der Waals surface area (Å²) in [7, 11) is -3.93. The van der Waals surface area contributed by atoms with Crippen LogP contribution in [0.3, 0.4) is 0 Å². The Kier molecular flexibility index (Phi) is 5.83. The summed E-state index contributed by atoms with van der Waals surface area (Å²) < 4.78 is 26.7. The van der Waals surface area contributed by atoms with Crippen LogP contribution in [0.1, 0.15) is 13.8 Å². The Morgan fingerprint density at radius 2 is 1.77 bits per heavy atom. The molecule has 0 aliphatic heterocycles. The lowest BCUT2D eigenvalue weighted by Crippen LogP contribution is -2.36. The van der Waals surface area contributed by atoms with Crippen LogP contribution >= 0.6 is 12.2 Å². The standard InChI is InChI=1S/C12H17N5O3S2/c1-7(2)10(18)16-12(21)15-8-3-5-9(6-4-8)22(19,20)17-11(13)14/h3-7H,1-2H3,(H4,13,14,17)(H2,15,16,18,21). The Bertz CT molecular complexity index is 692. The Morgan fingerprint density at radius 1 is 1.23 bits per heavy atom. The second-order valence-corrected chi connectivity index (χ2v) is 6.63. The smallest absolute Gasteiger partial charge is 0.285 e. The lowest BCUT2D eigenvalue weighted by Gasteiger charge is -2.11. The van der Waals surface area contributed by atoms with Crippen LogP contribution in [0.2, 0.25) is 0 Å². The summed E-state index contributed by atoms with van der Waals surface area (Å²) in [4.78, 5) is 11.4. The van der Waals surface area contributed by atoms with Gasteiger partial charge in [-0.3, -0.25) is 4.79 Å². The molecule has 22 heavy (non-hydrogen) atoms. The second-order valence-electron chi connectivity index (χ2n) is 4.61. The monoisotopic (exact) mass is 343 g/mol. The first-order valence-electron chi connectivity index (χ1n) is 6.19. The lowest BCUT2D eigenvalue weighted by molar-refractivity contribution is -0.122. The minimum atomic E-state index is -3.93. The molecule has 1 rings (SSSR count). The van der Waals surface area contributed by atoms with Crippen molar-refractivity contribution in [2.45, 2.75) is 18.7 Å². The SMILES string of the molecule is CC(C)C(=O)NC(=S)Nc1ccc(S(=O)(=O)N=C(N)N)cc1. The Labute approximate surface area is 134 Å². The number of carbonyl (C=O) groups excluding carboxylic acids is 1. The van der Waals surface area contributed by atoms with E-state index < -0.39 is 16.0 Å². The third kappa shape index (κ3) is 5.30. The van der Waals surface area contributed by atoms with Crippen molar-refractivity contribution in [2.24, 2.45) is 21.8 Å². The lowest BCUT2D eigenvalue weighted by atomic mass is 10.2. The number of guanidine groups is 1. The van der Waals surface area contributed by atoms with Crippen molar-refractivity contribution < 1.29 is 13.2 Å². The molecule has 8 nitrogen and oxygen atoms in total. The van der Waals surface area contributed by atoms with Crippen LogP contribution in [-0.2, 0) is 14.8 Å². The van der Waals surface area contributed by atoms with Crippen LogP contribution in [0.4, 0.5) is 5.69 Å². The van der Waals surface area contributed by atoms with Crippen LogP contribution in [-0.4, -0.2) is 25.4 Å². The summed E-state index contributed by atoms with van der Waals surface area (Å²) in [5.41, 5.74) is 10.6. The van der Waals surface area contributed by atoms with E-state index in [1.54, 1.807) is 13.8 Å². The molecule has 0 atom stereocenters. The van der Waals surface area contributed by atoms with Gasteiger partial charge in [0.1, 0.15) is 0 Å². The van der Waals surface area contributed by atoms with Crippen LogP contribution in [0.15, 0.2) is 33.6 Å². The van der Waals surface area contributed by atoms with Gasteiger partial charge in [-0.05, 0) is 36.5 Å². The van der Waals surface area contributed by atoms with E-state index in [0.717, 1.165) is 0 Å². The first kappa shape index (κ1) is 17.9. The minimum absolute atomic E-state index is 0.0661. The van der Waals surface area contributed by atoms with Crippen LogP contribution in [0.25, 0.3) is 0 Å². The molecule has 0 aromatic heterocycles. The summed E-state index contributed by atoms with van der Waals surface area (Å²) >= 11 is 4.98. The van der Waals surface area contributed by atoms with Gasteiger partial charge in [-0.2, -0.15) is 8.42 Å². The molecule has 10 heteroatoms. The molecule has 0 fully saturated rings. The van der Waals surface area contributed by atoms with Gasteiger partial charge in [0.25, 0.3) is 10.0 Å². The number of amides is 1. The van der Waals surface area contributed by atoms with Crippen LogP contribution in [0.5, 0.6) is 0 Å². The zero-order valence-corrected chi connectivity index (χ0v) is 13.7. The van der Waals surface area contributed by atoms with E-state index in [4.69, 9.17) is 23.7 Å². The molecular formula is C12H17N5O3S2. The van der Waals surface area contributed by atoms with Gasteiger partial charge in [0.2, 0.25) is 11.9 Å². The molecule has 0 unspecified atom stereocenters. The first-order valence-corrected chi connectivity index (χ1v) is 8.04. The minimum Gasteiger partial charge on any atom is -0.369 e. The van der Waals surface area contributed by atoms with Gasteiger partial charge >= 0.3 is 0 Å². The van der Waals surface area contributed by atoms with E-state index in [9.17, 15) is 13.2 Å². The van der Waals surface area contributed by atoms with Crippen LogP contribution < -0.4 is 22.1 Å². The summed E-state index contributed by atoms with van der Waals surface area (Å²) in [6.07, 6.45) is 0. The molecule has 6 N–H and O–H groups in total. The molecule has 0 saturated carbocycles. The second kappa shape index (κ2) is 7.18. The van der Waals surface area contributed by atoms with E-state index in [-0.39, 0.29) is 21.8 Å². The number of sulfonamides is 1. The summed E-state index contributed by atoms with van der Waals surface area (Å²) in [5, 5.41) is 5.40. The molecule has 120 valence electrons. The number of benzene rings is 1. The van der Waals surface area contributed by atoms with Crippen molar-refractivity contribution in [3.8, 4) is 0 Å². The topological polar surface area (TPSA) is 140 Å². The summed E-state index contributed by atoms with van der Waals surface area (Å²) in [6.45, 7) is 3.47. The van der Waals surface area contributed by atoms with Crippen molar-refractivity contribution in [2.75, 3.05) is 5.32 Å². The maximum absolute atomic E-state index is 11.7. The largest absolute Gasteiger partial charge is 0.369 e. The molecule has 0 radical (unpaired) electrons. The van der Waals surface area contributed by atoms with Gasteiger partial charge in [0.05, 0.1) is 4.90 Å². The van der Waals surface area contributed by atoms with Crippen molar-refractivity contribution in [1.29, 1.82) is 0 Å². The number of carbonyl (C=O) groups is 1. The number of nitrogens with zero attached hydrogens (tertiary/aromatic N) is 1. The average molecular weight is 343 g/mol. The van der Waals surface area contributed by atoms with Crippen molar-refractivity contribution in [3.63, 3.8) is 0 Å². The normalized spacial score (nSPS) is 10.9. The van der Waals surface area contributed by atoms with Gasteiger partial charge in [-0.1, -0.05) is 13.8 Å². The van der Waals surface area contributed by atoms with Gasteiger partial charge < -0.3 is 22.1 Å². The highest BCUT2D eigenvalue weighted by Gasteiger charge is 2.13. The first-order chi connectivity index (χ1) is 10.1. The molecule has 1 aromatic rings. The molecule has 0 aliphatic carbocycles. The highest BCUT2D eigenvalue weighted by atomic mass is 32.2. The Morgan fingerprint density at radius 3 is 2.23 bits per heavy atom. The molecule has 0 bridgehead atoms. The number of nitrogens with two attached hydrogens (primary N) is 2. The fourth-order valence-corrected chi connectivity index (χ4v) is 2.40. The van der Waals surface area contributed by atoms with Crippen LogP contribution in [0, 0.1) is 5.92 Å². The molecule has 0 aliphatic rings. The zero-order valence-electron chi connectivity index (χ0n) is 12.0. The third-order valence-electron chi connectivity index (χ3n) is 2.40. The number of hydrogen-bond acceptors (Lipinski definition) is 4. The molecule has 0 saturated heterocycles. The van der Waals surface area contributed by atoms with Gasteiger partial charge in [-0.15, -0.1) is 4.40 Å². The number of thiocarbonyl (C=S) groups is 1. The van der Waals surface area contributed by atoms with Gasteiger partial charge in [0, 0.05) is 11.6 Å². The highest BCUT2D eigenvalue weighted by molar-refractivity contribution is 7.90. The predicted octanol–water partition coefficient (Wildman–Crippen LogP) is 0.118. The zero-order chi connectivity index (χ0) is 16.9. The molecular weight excluding hydrogens is 326 g/mol. The number of hydrogen-bond donors (Lipinski definition) is 4. The van der Waals surface area contributed by atoms with E-state index in [0.29, 0.717) is 5.69 Å².